The molecular formula is C28H22ClN5O2S. The van der Waals surface area contributed by atoms with E-state index in [4.69, 9.17) is 20.8 Å². The molecule has 9 heteroatoms. The average molecular weight is 528 g/mol. The topological polar surface area (TPSA) is 84.2 Å². The molecule has 0 saturated carbocycles. The molecule has 3 heterocycles. The molecule has 1 aliphatic heterocycles. The molecule has 0 aliphatic carbocycles. The number of halogens is 1. The summed E-state index contributed by atoms with van der Waals surface area (Å²) in [6, 6.07) is 21.8. The monoisotopic (exact) mass is 527 g/mol. The zero-order valence-electron chi connectivity index (χ0n) is 19.6. The number of nitrogens with zero attached hydrogens (tertiary/aromatic N) is 2. The van der Waals surface area contributed by atoms with E-state index < -0.39 is 0 Å². The van der Waals surface area contributed by atoms with Crippen molar-refractivity contribution in [1.82, 2.24) is 9.97 Å². The molecular weight excluding hydrogens is 506 g/mol. The third-order valence-corrected chi connectivity index (χ3v) is 6.96. The molecule has 6 bridgehead atoms. The number of fused-ring (bicyclic) bond motifs is 7. The minimum absolute atomic E-state index is 0.402. The van der Waals surface area contributed by atoms with E-state index in [1.165, 1.54) is 0 Å². The molecule has 1 aliphatic rings. The van der Waals surface area contributed by atoms with Crippen molar-refractivity contribution in [2.24, 2.45) is 0 Å². The van der Waals surface area contributed by atoms with Crippen molar-refractivity contribution in [3.05, 3.63) is 96.4 Å². The number of rotatable bonds is 3. The number of ether oxygens (including phenoxy) is 1. The Morgan fingerprint density at radius 1 is 1.03 bits per heavy atom. The van der Waals surface area contributed by atoms with Gasteiger partial charge in [-0.05, 0) is 54.1 Å². The lowest BCUT2D eigenvalue weighted by atomic mass is 10.1. The van der Waals surface area contributed by atoms with Crippen molar-refractivity contribution in [2.75, 3.05) is 28.3 Å². The smallest absolute Gasteiger partial charge is 0.229 e. The van der Waals surface area contributed by atoms with Crippen LogP contribution in [0.4, 0.5) is 28.8 Å². The molecule has 37 heavy (non-hydrogen) atoms. The van der Waals surface area contributed by atoms with Crippen molar-refractivity contribution in [3.8, 4) is 5.75 Å². The highest BCUT2D eigenvalue weighted by Crippen LogP contribution is 2.32. The Morgan fingerprint density at radius 3 is 2.92 bits per heavy atom. The van der Waals surface area contributed by atoms with Gasteiger partial charge in [0, 0.05) is 50.9 Å². The van der Waals surface area contributed by atoms with Gasteiger partial charge in [0.05, 0.1) is 19.1 Å². The third kappa shape index (κ3) is 5.35. The van der Waals surface area contributed by atoms with Gasteiger partial charge in [-0.25, -0.2) is 4.98 Å². The van der Waals surface area contributed by atoms with Gasteiger partial charge >= 0.3 is 0 Å². The fraction of sp³-hybridized carbons (Fsp3) is 0.0714. The molecule has 6 rings (SSSR count). The first-order chi connectivity index (χ1) is 18.1. The van der Waals surface area contributed by atoms with E-state index in [-0.39, 0.29) is 0 Å². The number of anilines is 5. The fourth-order valence-electron chi connectivity index (χ4n) is 3.99. The van der Waals surface area contributed by atoms with Crippen LogP contribution >= 0.6 is 23.4 Å². The largest absolute Gasteiger partial charge is 0.493 e. The van der Waals surface area contributed by atoms with Gasteiger partial charge in [-0.1, -0.05) is 24.2 Å². The molecule has 0 fully saturated rings. The van der Waals surface area contributed by atoms with E-state index in [0.29, 0.717) is 29.1 Å². The van der Waals surface area contributed by atoms with Crippen LogP contribution in [0.5, 0.6) is 5.75 Å². The van der Waals surface area contributed by atoms with Crippen LogP contribution in [-0.4, -0.2) is 22.3 Å². The molecule has 0 atom stereocenters. The second-order valence-electron chi connectivity index (χ2n) is 8.39. The summed E-state index contributed by atoms with van der Waals surface area (Å²) < 4.78 is 11.6. The van der Waals surface area contributed by atoms with Gasteiger partial charge in [0.2, 0.25) is 5.95 Å². The fourth-order valence-corrected chi connectivity index (χ4v) is 4.92. The Hall–Kier alpha value is -4.14. The highest BCUT2D eigenvalue weighted by atomic mass is 35.5. The van der Waals surface area contributed by atoms with Crippen LogP contribution < -0.4 is 20.7 Å². The predicted octanol–water partition coefficient (Wildman–Crippen LogP) is 7.93. The second kappa shape index (κ2) is 10.1. The van der Waals surface area contributed by atoms with E-state index in [2.05, 4.69) is 44.6 Å². The quantitative estimate of drug-likeness (QED) is 0.218. The molecule has 0 radical (unpaired) electrons. The summed E-state index contributed by atoms with van der Waals surface area (Å²) in [5, 5.41) is 11.4. The molecule has 3 aromatic carbocycles. The van der Waals surface area contributed by atoms with E-state index in [1.807, 2.05) is 54.6 Å². The van der Waals surface area contributed by atoms with Crippen LogP contribution in [0.25, 0.3) is 16.7 Å². The van der Waals surface area contributed by atoms with Crippen molar-refractivity contribution in [1.29, 1.82) is 0 Å². The van der Waals surface area contributed by atoms with Crippen LogP contribution in [0, 0.1) is 0 Å². The predicted molar refractivity (Wildman–Crippen MR) is 152 cm³/mol. The average Bonchev–Trinajstić information content (AvgIpc) is 3.36. The van der Waals surface area contributed by atoms with Crippen LogP contribution in [0.3, 0.4) is 0 Å². The molecule has 184 valence electrons. The van der Waals surface area contributed by atoms with Crippen LogP contribution in [0.2, 0.25) is 5.02 Å². The van der Waals surface area contributed by atoms with E-state index in [0.717, 1.165) is 49.9 Å². The maximum absolute atomic E-state index is 6.39. The zero-order valence-corrected chi connectivity index (χ0v) is 21.2. The first kappa shape index (κ1) is 23.3. The lowest BCUT2D eigenvalue weighted by molar-refractivity contribution is 0.344. The van der Waals surface area contributed by atoms with Crippen molar-refractivity contribution in [2.45, 2.75) is 4.90 Å². The molecule has 0 amide bonds. The van der Waals surface area contributed by atoms with Gasteiger partial charge in [0.25, 0.3) is 0 Å². The standard InChI is InChI=1S/C28H22ClN5O2S/c1-17(18-5-6-26-19(11-18)7-8-36-26)31-21-12-22-14-23(13-21)35-9-10-37-24-4-2-3-20(15-24)32-27-25(29)16-30-28(33-22)34-27/h2-8,11-16,31H,1,9-10H2,(H2,30,32,33,34). The van der Waals surface area contributed by atoms with Gasteiger partial charge in [0.1, 0.15) is 16.4 Å². The zero-order chi connectivity index (χ0) is 25.2. The van der Waals surface area contributed by atoms with Gasteiger partial charge < -0.3 is 25.1 Å². The SMILES string of the molecule is C=C(Nc1cc2cc(c1)OCCSc1cccc(c1)Nc1nc(ncc1Cl)N2)c1ccc2occc2c1. The third-order valence-electron chi connectivity index (χ3n) is 5.72. The van der Waals surface area contributed by atoms with Crippen LogP contribution in [0.1, 0.15) is 5.56 Å². The Kier molecular flexibility index (Phi) is 6.34. The Bertz CT molecular complexity index is 1620. The molecule has 0 spiro atoms. The lowest BCUT2D eigenvalue weighted by Gasteiger charge is -2.15. The second-order valence-corrected chi connectivity index (χ2v) is 9.96. The molecule has 0 saturated heterocycles. The number of furan rings is 1. The molecule has 7 nitrogen and oxygen atoms in total. The van der Waals surface area contributed by atoms with Gasteiger partial charge in [-0.2, -0.15) is 4.98 Å². The first-order valence-corrected chi connectivity index (χ1v) is 13.0. The number of hydrogen-bond donors (Lipinski definition) is 3. The van der Waals surface area contributed by atoms with Gasteiger partial charge in [-0.15, -0.1) is 11.8 Å². The highest BCUT2D eigenvalue weighted by Gasteiger charge is 2.11. The summed E-state index contributed by atoms with van der Waals surface area (Å²) in [5.41, 5.74) is 5.02. The Labute approximate surface area is 222 Å². The summed E-state index contributed by atoms with van der Waals surface area (Å²) in [5.74, 6) is 2.42. The molecule has 0 unspecified atom stereocenters. The minimum atomic E-state index is 0.402. The number of benzene rings is 3. The first-order valence-electron chi connectivity index (χ1n) is 11.6. The molecule has 2 aromatic heterocycles. The maximum atomic E-state index is 6.39. The van der Waals surface area contributed by atoms with Gasteiger partial charge in [0.15, 0.2) is 5.82 Å². The Morgan fingerprint density at radius 2 is 1.97 bits per heavy atom. The van der Waals surface area contributed by atoms with Crippen LogP contribution in [-0.2, 0) is 0 Å². The summed E-state index contributed by atoms with van der Waals surface area (Å²) in [7, 11) is 0. The Balaban J connectivity index is 1.31. The summed E-state index contributed by atoms with van der Waals surface area (Å²) in [6.07, 6.45) is 3.25. The number of thioether (sulfide) groups is 1. The van der Waals surface area contributed by atoms with Crippen LogP contribution in [0.15, 0.2) is 95.1 Å². The lowest BCUT2D eigenvalue weighted by Crippen LogP contribution is -2.04. The highest BCUT2D eigenvalue weighted by molar-refractivity contribution is 7.99. The number of aromatic nitrogens is 2. The number of hydrogen-bond acceptors (Lipinski definition) is 8. The summed E-state index contributed by atoms with van der Waals surface area (Å²) in [6.45, 7) is 4.78. The minimum Gasteiger partial charge on any atom is -0.493 e. The van der Waals surface area contributed by atoms with E-state index >= 15 is 0 Å². The van der Waals surface area contributed by atoms with Crippen molar-refractivity contribution in [3.63, 3.8) is 0 Å². The summed E-state index contributed by atoms with van der Waals surface area (Å²) >= 11 is 8.10. The number of nitrogens with one attached hydrogen (secondary N) is 3. The molecule has 5 aromatic rings. The van der Waals surface area contributed by atoms with Crippen molar-refractivity contribution < 1.29 is 9.15 Å². The van der Waals surface area contributed by atoms with Crippen molar-refractivity contribution >= 4 is 68.9 Å². The van der Waals surface area contributed by atoms with E-state index in [9.17, 15) is 0 Å². The van der Waals surface area contributed by atoms with Gasteiger partial charge in [-0.3, -0.25) is 0 Å². The maximum Gasteiger partial charge on any atom is 0.229 e. The summed E-state index contributed by atoms with van der Waals surface area (Å²) in [4.78, 5) is 10.1. The normalized spacial score (nSPS) is 12.9. The van der Waals surface area contributed by atoms with E-state index in [1.54, 1.807) is 24.2 Å². The molecule has 3 N–H and O–H groups in total.